The average molecular weight is 361 g/mol. The van der Waals surface area contributed by atoms with E-state index in [9.17, 15) is 9.59 Å². The largest absolute Gasteiger partial charge is 0.358 e. The van der Waals surface area contributed by atoms with Crippen LogP contribution in [0, 0.1) is 12.8 Å². The van der Waals surface area contributed by atoms with E-state index in [1.54, 1.807) is 12.1 Å². The Bertz CT molecular complexity index is 1040. The van der Waals surface area contributed by atoms with E-state index in [1.807, 2.05) is 12.1 Å². The highest BCUT2D eigenvalue weighted by Crippen LogP contribution is 2.33. The number of fused-ring (bicyclic) bond motifs is 3. The van der Waals surface area contributed by atoms with Gasteiger partial charge in [0.2, 0.25) is 11.8 Å². The number of aryl methyl sites for hydroxylation is 2. The minimum absolute atomic E-state index is 0.0302. The first-order valence-electron chi connectivity index (χ1n) is 9.28. The van der Waals surface area contributed by atoms with Crippen LogP contribution in [0.4, 0.5) is 11.4 Å². The molecule has 27 heavy (non-hydrogen) atoms. The van der Waals surface area contributed by atoms with Crippen molar-refractivity contribution in [1.82, 2.24) is 4.98 Å². The summed E-state index contributed by atoms with van der Waals surface area (Å²) in [6.07, 6.45) is 2.46. The second-order valence-electron chi connectivity index (χ2n) is 7.32. The zero-order valence-electron chi connectivity index (χ0n) is 15.6. The van der Waals surface area contributed by atoms with Gasteiger partial charge in [0, 0.05) is 40.8 Å². The predicted molar refractivity (Wildman–Crippen MR) is 108 cm³/mol. The topological polar surface area (TPSA) is 74.0 Å². The van der Waals surface area contributed by atoms with Crippen molar-refractivity contribution < 1.29 is 9.59 Å². The van der Waals surface area contributed by atoms with Crippen molar-refractivity contribution in [1.29, 1.82) is 0 Å². The molecule has 2 amide bonds. The second-order valence-corrected chi connectivity index (χ2v) is 7.32. The number of rotatable bonds is 3. The number of nitrogens with one attached hydrogen (secondary N) is 3. The molecule has 0 saturated carbocycles. The molecule has 5 heteroatoms. The highest BCUT2D eigenvalue weighted by atomic mass is 16.2. The average Bonchev–Trinajstić information content (AvgIpc) is 2.98. The third kappa shape index (κ3) is 3.58. The number of hydrogen-bond acceptors (Lipinski definition) is 2. The maximum atomic E-state index is 12.8. The quantitative estimate of drug-likeness (QED) is 0.655. The summed E-state index contributed by atoms with van der Waals surface area (Å²) in [6.45, 7) is 3.56. The molecule has 4 rings (SSSR count). The summed E-state index contributed by atoms with van der Waals surface area (Å²) in [5.41, 5.74) is 6.28. The van der Waals surface area contributed by atoms with Crippen molar-refractivity contribution in [3.63, 3.8) is 0 Å². The van der Waals surface area contributed by atoms with Crippen LogP contribution in [0.3, 0.4) is 0 Å². The van der Waals surface area contributed by atoms with Gasteiger partial charge in [0.05, 0.1) is 0 Å². The van der Waals surface area contributed by atoms with Gasteiger partial charge in [-0.1, -0.05) is 17.7 Å². The molecule has 0 spiro atoms. The van der Waals surface area contributed by atoms with Crippen LogP contribution in [-0.2, 0) is 22.4 Å². The van der Waals surface area contributed by atoms with E-state index in [-0.39, 0.29) is 17.7 Å². The lowest BCUT2D eigenvalue weighted by Gasteiger charge is -2.22. The molecule has 1 aliphatic carbocycles. The lowest BCUT2D eigenvalue weighted by Crippen LogP contribution is -2.28. The number of H-pyrrole nitrogens is 1. The zero-order valence-corrected chi connectivity index (χ0v) is 15.6. The van der Waals surface area contributed by atoms with Crippen molar-refractivity contribution in [3.05, 3.63) is 59.3 Å². The Labute approximate surface area is 158 Å². The van der Waals surface area contributed by atoms with Gasteiger partial charge in [-0.05, 0) is 62.1 Å². The Kier molecular flexibility index (Phi) is 4.44. The van der Waals surface area contributed by atoms with Gasteiger partial charge in [0.1, 0.15) is 0 Å². The maximum Gasteiger partial charge on any atom is 0.227 e. The van der Waals surface area contributed by atoms with E-state index in [4.69, 9.17) is 0 Å². The number of hydrogen-bond donors (Lipinski definition) is 3. The number of benzene rings is 2. The Hall–Kier alpha value is -3.08. The third-order valence-corrected chi connectivity index (χ3v) is 5.16. The summed E-state index contributed by atoms with van der Waals surface area (Å²) >= 11 is 0. The Morgan fingerprint density at radius 2 is 1.85 bits per heavy atom. The summed E-state index contributed by atoms with van der Waals surface area (Å²) in [5, 5.41) is 6.98. The Morgan fingerprint density at radius 1 is 1.07 bits per heavy atom. The first-order valence-corrected chi connectivity index (χ1v) is 9.28. The van der Waals surface area contributed by atoms with Gasteiger partial charge in [0.25, 0.3) is 0 Å². The molecule has 138 valence electrons. The fourth-order valence-electron chi connectivity index (χ4n) is 3.88. The van der Waals surface area contributed by atoms with Crippen LogP contribution in [0.2, 0.25) is 0 Å². The molecule has 5 nitrogen and oxygen atoms in total. The molecule has 1 aromatic heterocycles. The monoisotopic (exact) mass is 361 g/mol. The van der Waals surface area contributed by atoms with Gasteiger partial charge >= 0.3 is 0 Å². The molecule has 1 heterocycles. The molecular weight excluding hydrogens is 338 g/mol. The van der Waals surface area contributed by atoms with E-state index < -0.39 is 0 Å². The lowest BCUT2D eigenvalue weighted by atomic mass is 9.85. The minimum Gasteiger partial charge on any atom is -0.358 e. The summed E-state index contributed by atoms with van der Waals surface area (Å²) in [4.78, 5) is 27.5. The molecule has 0 radical (unpaired) electrons. The van der Waals surface area contributed by atoms with Crippen LogP contribution in [0.5, 0.6) is 0 Å². The highest BCUT2D eigenvalue weighted by Gasteiger charge is 2.27. The highest BCUT2D eigenvalue weighted by molar-refractivity contribution is 5.95. The molecule has 0 saturated heterocycles. The van der Waals surface area contributed by atoms with Crippen LogP contribution in [-0.4, -0.2) is 16.8 Å². The molecule has 3 N–H and O–H groups in total. The Morgan fingerprint density at radius 3 is 2.63 bits per heavy atom. The second kappa shape index (κ2) is 6.91. The minimum atomic E-state index is -0.132. The van der Waals surface area contributed by atoms with Crippen molar-refractivity contribution in [3.8, 4) is 0 Å². The van der Waals surface area contributed by atoms with Crippen molar-refractivity contribution >= 4 is 34.1 Å². The molecule has 1 atom stereocenters. The first kappa shape index (κ1) is 17.3. The summed E-state index contributed by atoms with van der Waals surface area (Å²) in [7, 11) is 0. The number of anilines is 2. The summed E-state index contributed by atoms with van der Waals surface area (Å²) in [5.74, 6) is -0.156. The van der Waals surface area contributed by atoms with Crippen LogP contribution in [0.1, 0.15) is 30.2 Å². The van der Waals surface area contributed by atoms with E-state index in [2.05, 4.69) is 40.7 Å². The normalized spacial score (nSPS) is 16.0. The Balaban J connectivity index is 1.52. The van der Waals surface area contributed by atoms with E-state index >= 15 is 0 Å². The number of aromatic amines is 1. The molecular formula is C22H23N3O2. The zero-order chi connectivity index (χ0) is 19.0. The van der Waals surface area contributed by atoms with Crippen LogP contribution in [0.15, 0.2) is 42.5 Å². The van der Waals surface area contributed by atoms with Gasteiger partial charge in [0.15, 0.2) is 0 Å². The molecule has 0 fully saturated rings. The maximum absolute atomic E-state index is 12.8. The predicted octanol–water partition coefficient (Wildman–Crippen LogP) is 4.18. The van der Waals surface area contributed by atoms with Crippen molar-refractivity contribution in [2.75, 3.05) is 10.6 Å². The van der Waals surface area contributed by atoms with E-state index in [0.29, 0.717) is 11.4 Å². The smallest absolute Gasteiger partial charge is 0.227 e. The number of amides is 2. The van der Waals surface area contributed by atoms with Gasteiger partial charge < -0.3 is 15.6 Å². The lowest BCUT2D eigenvalue weighted by molar-refractivity contribution is -0.120. The molecule has 0 aliphatic heterocycles. The summed E-state index contributed by atoms with van der Waals surface area (Å²) < 4.78 is 0. The molecule has 1 aliphatic rings. The van der Waals surface area contributed by atoms with E-state index in [0.717, 1.165) is 24.8 Å². The van der Waals surface area contributed by atoms with Gasteiger partial charge in [-0.3, -0.25) is 9.59 Å². The number of carbonyl (C=O) groups is 2. The van der Waals surface area contributed by atoms with Crippen molar-refractivity contribution in [2.45, 2.75) is 33.1 Å². The first-order chi connectivity index (χ1) is 13.0. The molecule has 2 aromatic carbocycles. The fourth-order valence-corrected chi connectivity index (χ4v) is 3.88. The SMILES string of the molecule is CC(=O)Nc1cccc(NC(=O)C2CCc3[nH]c4ccc(C)cc4c3C2)c1. The van der Waals surface area contributed by atoms with Crippen LogP contribution >= 0.6 is 0 Å². The van der Waals surface area contributed by atoms with Crippen molar-refractivity contribution in [2.24, 2.45) is 5.92 Å². The van der Waals surface area contributed by atoms with E-state index in [1.165, 1.54) is 29.1 Å². The fraction of sp³-hybridized carbons (Fsp3) is 0.273. The molecule has 3 aromatic rings. The summed E-state index contributed by atoms with van der Waals surface area (Å²) in [6, 6.07) is 13.7. The van der Waals surface area contributed by atoms with Crippen LogP contribution in [0.25, 0.3) is 10.9 Å². The van der Waals surface area contributed by atoms with Gasteiger partial charge in [-0.25, -0.2) is 0 Å². The third-order valence-electron chi connectivity index (χ3n) is 5.16. The van der Waals surface area contributed by atoms with Gasteiger partial charge in [-0.15, -0.1) is 0 Å². The standard InChI is InChI=1S/C22H23N3O2/c1-13-6-8-20-18(10-13)19-11-15(7-9-21(19)25-20)22(27)24-17-5-3-4-16(12-17)23-14(2)26/h3-6,8,10,12,15,25H,7,9,11H2,1-2H3,(H,23,26)(H,24,27). The van der Waals surface area contributed by atoms with Crippen LogP contribution < -0.4 is 10.6 Å². The molecule has 1 unspecified atom stereocenters. The number of carbonyl (C=O) groups excluding carboxylic acids is 2. The van der Waals surface area contributed by atoms with Gasteiger partial charge in [-0.2, -0.15) is 0 Å². The number of aromatic nitrogens is 1. The molecule has 0 bridgehead atoms.